The largest absolute Gasteiger partial charge is 0.458 e. The van der Waals surface area contributed by atoms with Crippen molar-refractivity contribution in [1.82, 2.24) is 0 Å². The van der Waals surface area contributed by atoms with Crippen LogP contribution >= 0.6 is 0 Å². The highest BCUT2D eigenvalue weighted by Crippen LogP contribution is 2.38. The molecular weight excluding hydrogens is 232 g/mol. The van der Waals surface area contributed by atoms with Crippen LogP contribution in [0, 0.1) is 11.8 Å². The number of Topliss-reactive ketones (excluding diaryl/α,β-unsaturated/α-hetero) is 1. The molecule has 0 saturated carbocycles. The van der Waals surface area contributed by atoms with Crippen molar-refractivity contribution >= 4 is 11.8 Å². The lowest BCUT2D eigenvalue weighted by atomic mass is 9.89. The van der Waals surface area contributed by atoms with Gasteiger partial charge in [0, 0.05) is 11.5 Å². The summed E-state index contributed by atoms with van der Waals surface area (Å²) < 4.78 is 5.28. The number of esters is 1. The third kappa shape index (κ3) is 2.12. The number of aliphatic hydroxyl groups excluding tert-OH is 1. The number of rotatable bonds is 2. The van der Waals surface area contributed by atoms with Crippen LogP contribution in [0.1, 0.15) is 26.7 Å². The van der Waals surface area contributed by atoms with Gasteiger partial charge in [0.1, 0.15) is 12.2 Å². The van der Waals surface area contributed by atoms with E-state index in [1.54, 1.807) is 0 Å². The van der Waals surface area contributed by atoms with Crippen LogP contribution in [0.2, 0.25) is 0 Å². The number of hydrogen-bond acceptors (Lipinski definition) is 4. The Morgan fingerprint density at radius 1 is 1.61 bits per heavy atom. The lowest BCUT2D eigenvalue weighted by molar-refractivity contribution is -0.139. The Labute approximate surface area is 106 Å². The first-order chi connectivity index (χ1) is 8.41. The smallest absolute Gasteiger partial charge is 0.334 e. The highest BCUT2D eigenvalue weighted by atomic mass is 16.6. The van der Waals surface area contributed by atoms with Crippen LogP contribution in [0.4, 0.5) is 0 Å². The van der Waals surface area contributed by atoms with Crippen molar-refractivity contribution in [1.29, 1.82) is 0 Å². The van der Waals surface area contributed by atoms with Crippen molar-refractivity contribution < 1.29 is 19.4 Å². The van der Waals surface area contributed by atoms with Crippen LogP contribution in [-0.4, -0.2) is 29.1 Å². The first-order valence-electron chi connectivity index (χ1n) is 6.20. The van der Waals surface area contributed by atoms with E-state index in [2.05, 4.69) is 6.58 Å². The third-order valence-corrected chi connectivity index (χ3v) is 3.88. The molecule has 4 atom stereocenters. The van der Waals surface area contributed by atoms with Crippen molar-refractivity contribution in [2.24, 2.45) is 11.8 Å². The van der Waals surface area contributed by atoms with Crippen LogP contribution in [-0.2, 0) is 14.3 Å². The zero-order valence-corrected chi connectivity index (χ0v) is 10.7. The van der Waals surface area contributed by atoms with Gasteiger partial charge in [0.25, 0.3) is 0 Å². The van der Waals surface area contributed by atoms with Crippen molar-refractivity contribution in [2.75, 3.05) is 0 Å². The van der Waals surface area contributed by atoms with Gasteiger partial charge in [-0.05, 0) is 31.3 Å². The van der Waals surface area contributed by atoms with Crippen LogP contribution < -0.4 is 0 Å². The van der Waals surface area contributed by atoms with E-state index in [1.165, 1.54) is 6.92 Å². The van der Waals surface area contributed by atoms with Gasteiger partial charge in [-0.15, -0.1) is 0 Å². The number of hydrogen-bond donors (Lipinski definition) is 1. The average Bonchev–Trinajstić information content (AvgIpc) is 2.48. The van der Waals surface area contributed by atoms with Crippen molar-refractivity contribution in [3.05, 3.63) is 23.8 Å². The molecule has 1 aliphatic carbocycles. The second-order valence-corrected chi connectivity index (χ2v) is 5.17. The van der Waals surface area contributed by atoms with Crippen LogP contribution in [0.3, 0.4) is 0 Å². The van der Waals surface area contributed by atoms with Gasteiger partial charge < -0.3 is 9.84 Å². The van der Waals surface area contributed by atoms with E-state index in [0.29, 0.717) is 18.4 Å². The fourth-order valence-corrected chi connectivity index (χ4v) is 2.74. The summed E-state index contributed by atoms with van der Waals surface area (Å²) in [7, 11) is 0. The van der Waals surface area contributed by atoms with Crippen molar-refractivity contribution in [3.8, 4) is 0 Å². The van der Waals surface area contributed by atoms with E-state index in [0.717, 1.165) is 5.57 Å². The highest BCUT2D eigenvalue weighted by Gasteiger charge is 2.41. The number of ether oxygens (including phenoxy) is 1. The molecule has 4 heteroatoms. The molecule has 0 aromatic heterocycles. The average molecular weight is 250 g/mol. The summed E-state index contributed by atoms with van der Waals surface area (Å²) in [5.74, 6) is -0.564. The second kappa shape index (κ2) is 4.69. The number of ketones is 1. The lowest BCUT2D eigenvalue weighted by Gasteiger charge is -2.20. The van der Waals surface area contributed by atoms with Crippen LogP contribution in [0.25, 0.3) is 0 Å². The molecule has 1 aliphatic heterocycles. The molecule has 0 aromatic rings. The number of aliphatic hydroxyl groups is 1. The molecule has 0 unspecified atom stereocenters. The lowest BCUT2D eigenvalue weighted by Crippen LogP contribution is -2.25. The zero-order chi connectivity index (χ0) is 13.4. The number of fused-ring (bicyclic) bond motifs is 1. The molecular formula is C14H18O4. The van der Waals surface area contributed by atoms with Crippen molar-refractivity contribution in [2.45, 2.75) is 38.9 Å². The summed E-state index contributed by atoms with van der Waals surface area (Å²) in [6.45, 7) is 7.08. The predicted molar refractivity (Wildman–Crippen MR) is 65.7 cm³/mol. The second-order valence-electron chi connectivity index (χ2n) is 5.17. The first kappa shape index (κ1) is 13.0. The minimum atomic E-state index is -1.04. The van der Waals surface area contributed by atoms with Gasteiger partial charge in [0.2, 0.25) is 0 Å². The minimum Gasteiger partial charge on any atom is -0.458 e. The Bertz CT molecular complexity index is 435. The fourth-order valence-electron chi connectivity index (χ4n) is 2.74. The zero-order valence-electron chi connectivity index (χ0n) is 10.7. The molecule has 1 heterocycles. The molecule has 0 aromatic carbocycles. The number of carbonyl (C=O) groups excluding carboxylic acids is 2. The summed E-state index contributed by atoms with van der Waals surface area (Å²) in [5, 5.41) is 9.88. The third-order valence-electron chi connectivity index (χ3n) is 3.88. The van der Waals surface area contributed by atoms with Gasteiger partial charge in [-0.25, -0.2) is 4.79 Å². The van der Waals surface area contributed by atoms with E-state index in [9.17, 15) is 14.7 Å². The fraction of sp³-hybridized carbons (Fsp3) is 0.571. The Morgan fingerprint density at radius 3 is 2.89 bits per heavy atom. The van der Waals surface area contributed by atoms with Gasteiger partial charge in [0.05, 0.1) is 0 Å². The maximum absolute atomic E-state index is 11.4. The Kier molecular flexibility index (Phi) is 3.39. The summed E-state index contributed by atoms with van der Waals surface area (Å²) in [5.41, 5.74) is 1.24. The molecule has 4 nitrogen and oxygen atoms in total. The normalized spacial score (nSPS) is 33.3. The molecule has 0 amide bonds. The molecule has 2 rings (SSSR count). The summed E-state index contributed by atoms with van der Waals surface area (Å²) in [6, 6.07) is 0. The summed E-state index contributed by atoms with van der Waals surface area (Å²) in [6.07, 6.45) is 1.88. The molecule has 2 aliphatic rings. The highest BCUT2D eigenvalue weighted by molar-refractivity contribution is 5.91. The monoisotopic (exact) mass is 250 g/mol. The maximum Gasteiger partial charge on any atom is 0.334 e. The Morgan fingerprint density at radius 2 is 2.28 bits per heavy atom. The van der Waals surface area contributed by atoms with Gasteiger partial charge in [0.15, 0.2) is 5.78 Å². The molecule has 0 radical (unpaired) electrons. The van der Waals surface area contributed by atoms with E-state index in [4.69, 9.17) is 4.74 Å². The Hall–Kier alpha value is -1.42. The summed E-state index contributed by atoms with van der Waals surface area (Å²) >= 11 is 0. The standard InChI is InChI=1S/C14H18O4/c1-7-6-12-11(8(2)14(17)18-12)5-4-10(7)13(16)9(3)15/h4,7,11-13,16H,2,5-6H2,1,3H3/t7-,11+,12+,13-/m0/s1. The first-order valence-corrected chi connectivity index (χ1v) is 6.20. The van der Waals surface area contributed by atoms with E-state index < -0.39 is 6.10 Å². The molecule has 1 fully saturated rings. The molecule has 1 saturated heterocycles. The van der Waals surface area contributed by atoms with Gasteiger partial charge in [-0.2, -0.15) is 0 Å². The Balaban J connectivity index is 2.23. The number of allylic oxidation sites excluding steroid dienone is 1. The van der Waals surface area contributed by atoms with Crippen molar-refractivity contribution in [3.63, 3.8) is 0 Å². The SMILES string of the molecule is C=C1C(=O)O[C@@H]2C[C@H](C)C([C@@H](O)C(C)=O)=CC[C@H]12. The maximum atomic E-state index is 11.4. The van der Waals surface area contributed by atoms with E-state index in [-0.39, 0.29) is 29.7 Å². The molecule has 98 valence electrons. The topological polar surface area (TPSA) is 63.6 Å². The molecule has 1 N–H and O–H groups in total. The summed E-state index contributed by atoms with van der Waals surface area (Å²) in [4.78, 5) is 22.7. The minimum absolute atomic E-state index is 0.0170. The predicted octanol–water partition coefficient (Wildman–Crippen LogP) is 1.39. The van der Waals surface area contributed by atoms with Gasteiger partial charge in [-0.1, -0.05) is 19.6 Å². The van der Waals surface area contributed by atoms with E-state index in [1.807, 2.05) is 13.0 Å². The number of carbonyl (C=O) groups is 2. The quantitative estimate of drug-likeness (QED) is 0.457. The van der Waals surface area contributed by atoms with Crippen LogP contribution in [0.15, 0.2) is 23.8 Å². The van der Waals surface area contributed by atoms with Gasteiger partial charge >= 0.3 is 5.97 Å². The molecule has 0 bridgehead atoms. The van der Waals surface area contributed by atoms with E-state index >= 15 is 0 Å². The molecule has 0 spiro atoms. The van der Waals surface area contributed by atoms with Crippen LogP contribution in [0.5, 0.6) is 0 Å². The molecule has 18 heavy (non-hydrogen) atoms. The van der Waals surface area contributed by atoms with Gasteiger partial charge in [-0.3, -0.25) is 4.79 Å².